The Morgan fingerprint density at radius 1 is 1.18 bits per heavy atom. The second-order valence-electron chi connectivity index (χ2n) is 6.29. The van der Waals surface area contributed by atoms with Crippen LogP contribution < -0.4 is 10.7 Å². The molecule has 1 amide bonds. The fraction of sp³-hybridized carbons (Fsp3) is 0.412. The number of carbonyl (C=O) groups is 1. The number of amides is 1. The Bertz CT molecular complexity index is 793. The van der Waals surface area contributed by atoms with Gasteiger partial charge in [0.15, 0.2) is 11.2 Å². The van der Waals surface area contributed by atoms with Gasteiger partial charge in [-0.15, -0.1) is 0 Å². The molecular formula is C17H16ClNO3. The minimum atomic E-state index is -0.294. The van der Waals surface area contributed by atoms with Crippen molar-refractivity contribution in [3.05, 3.63) is 45.3 Å². The molecule has 114 valence electrons. The quantitative estimate of drug-likeness (QED) is 0.940. The molecule has 2 aliphatic rings. The van der Waals surface area contributed by atoms with Crippen LogP contribution in [0.15, 0.2) is 33.5 Å². The number of halogens is 1. The lowest BCUT2D eigenvalue weighted by Gasteiger charge is -2.17. The minimum Gasteiger partial charge on any atom is -0.451 e. The van der Waals surface area contributed by atoms with Crippen molar-refractivity contribution in [2.75, 3.05) is 0 Å². The molecule has 2 fully saturated rings. The van der Waals surface area contributed by atoms with Crippen LogP contribution in [0.1, 0.15) is 36.2 Å². The molecule has 1 aromatic carbocycles. The predicted molar refractivity (Wildman–Crippen MR) is 84.2 cm³/mol. The van der Waals surface area contributed by atoms with Gasteiger partial charge in [0.05, 0.1) is 5.39 Å². The Morgan fingerprint density at radius 3 is 2.50 bits per heavy atom. The summed E-state index contributed by atoms with van der Waals surface area (Å²) in [4.78, 5) is 24.5. The molecule has 1 heterocycles. The molecule has 22 heavy (non-hydrogen) atoms. The summed E-state index contributed by atoms with van der Waals surface area (Å²) in [5.74, 6) is 0.980. The summed E-state index contributed by atoms with van der Waals surface area (Å²) in [7, 11) is 0. The van der Waals surface area contributed by atoms with E-state index in [4.69, 9.17) is 16.0 Å². The molecule has 0 unspecified atom stereocenters. The fourth-order valence-corrected chi connectivity index (χ4v) is 3.17. The number of fused-ring (bicyclic) bond motifs is 1. The van der Waals surface area contributed by atoms with E-state index in [1.54, 1.807) is 18.2 Å². The van der Waals surface area contributed by atoms with Gasteiger partial charge < -0.3 is 9.73 Å². The second-order valence-corrected chi connectivity index (χ2v) is 6.73. The van der Waals surface area contributed by atoms with Gasteiger partial charge in [-0.05, 0) is 55.7 Å². The average Bonchev–Trinajstić information content (AvgIpc) is 3.38. The number of rotatable bonds is 4. The average molecular weight is 318 g/mol. The third-order valence-corrected chi connectivity index (χ3v) is 4.71. The molecule has 4 nitrogen and oxygen atoms in total. The lowest BCUT2D eigenvalue weighted by atomic mass is 10.1. The summed E-state index contributed by atoms with van der Waals surface area (Å²) in [5.41, 5.74) is 0.139. The van der Waals surface area contributed by atoms with Crippen LogP contribution in [0.25, 0.3) is 11.0 Å². The molecular weight excluding hydrogens is 302 g/mol. The summed E-state index contributed by atoms with van der Waals surface area (Å²) in [6.07, 6.45) is 4.73. The molecule has 5 heteroatoms. The monoisotopic (exact) mass is 317 g/mol. The third-order valence-electron chi connectivity index (χ3n) is 4.47. The lowest BCUT2D eigenvalue weighted by Crippen LogP contribution is -2.38. The molecule has 0 bridgehead atoms. The molecule has 2 aromatic rings. The van der Waals surface area contributed by atoms with E-state index in [9.17, 15) is 9.59 Å². The standard InChI is InChI=1S/C17H16ClNO3/c18-11-5-6-14-12(7-11)13(20)8-15(22-14)17(21)19-16(9-1-2-9)10-3-4-10/h5-10,16H,1-4H2,(H,19,21). The zero-order valence-electron chi connectivity index (χ0n) is 12.0. The maximum Gasteiger partial charge on any atom is 0.287 e. The van der Waals surface area contributed by atoms with Crippen LogP contribution in [0.5, 0.6) is 0 Å². The van der Waals surface area contributed by atoms with E-state index in [0.717, 1.165) is 0 Å². The number of benzene rings is 1. The van der Waals surface area contributed by atoms with Gasteiger partial charge in [0, 0.05) is 17.1 Å². The van der Waals surface area contributed by atoms with Crippen LogP contribution in [0.2, 0.25) is 5.02 Å². The highest BCUT2D eigenvalue weighted by Gasteiger charge is 2.42. The molecule has 2 aliphatic carbocycles. The number of hydrogen-bond acceptors (Lipinski definition) is 3. The van der Waals surface area contributed by atoms with Crippen molar-refractivity contribution >= 4 is 28.5 Å². The maximum absolute atomic E-state index is 12.4. The number of nitrogens with one attached hydrogen (secondary N) is 1. The van der Waals surface area contributed by atoms with Gasteiger partial charge in [0.2, 0.25) is 0 Å². The largest absolute Gasteiger partial charge is 0.451 e. The van der Waals surface area contributed by atoms with Crippen LogP contribution in [0.4, 0.5) is 0 Å². The molecule has 0 radical (unpaired) electrons. The highest BCUT2D eigenvalue weighted by Crippen LogP contribution is 2.44. The van der Waals surface area contributed by atoms with Crippen molar-refractivity contribution in [3.8, 4) is 0 Å². The molecule has 4 rings (SSSR count). The first kappa shape index (κ1) is 13.8. The van der Waals surface area contributed by atoms with Gasteiger partial charge in [-0.3, -0.25) is 9.59 Å². The molecule has 0 aliphatic heterocycles. The van der Waals surface area contributed by atoms with Gasteiger partial charge in [-0.2, -0.15) is 0 Å². The van der Waals surface area contributed by atoms with E-state index in [0.29, 0.717) is 27.8 Å². The van der Waals surface area contributed by atoms with Crippen LogP contribution >= 0.6 is 11.6 Å². The topological polar surface area (TPSA) is 59.3 Å². The van der Waals surface area contributed by atoms with Crippen molar-refractivity contribution in [2.45, 2.75) is 31.7 Å². The van der Waals surface area contributed by atoms with E-state index < -0.39 is 0 Å². The van der Waals surface area contributed by atoms with E-state index in [2.05, 4.69) is 5.32 Å². The Balaban J connectivity index is 1.63. The fourth-order valence-electron chi connectivity index (χ4n) is 2.99. The zero-order valence-corrected chi connectivity index (χ0v) is 12.7. The van der Waals surface area contributed by atoms with Crippen LogP contribution in [-0.4, -0.2) is 11.9 Å². The summed E-state index contributed by atoms with van der Waals surface area (Å²) in [5, 5.41) is 3.93. The third kappa shape index (κ3) is 2.63. The Labute approximate surface area is 132 Å². The normalized spacial score (nSPS) is 17.9. The van der Waals surface area contributed by atoms with E-state index >= 15 is 0 Å². The summed E-state index contributed by atoms with van der Waals surface area (Å²) in [6, 6.07) is 6.31. The van der Waals surface area contributed by atoms with Crippen LogP contribution in [0, 0.1) is 11.8 Å². The first-order valence-corrected chi connectivity index (χ1v) is 8.04. The second kappa shape index (κ2) is 5.13. The van der Waals surface area contributed by atoms with E-state index in [1.165, 1.54) is 31.7 Å². The summed E-state index contributed by atoms with van der Waals surface area (Å²) in [6.45, 7) is 0. The Kier molecular flexibility index (Phi) is 3.22. The van der Waals surface area contributed by atoms with Gasteiger partial charge >= 0.3 is 0 Å². The molecule has 1 aromatic heterocycles. The molecule has 0 saturated heterocycles. The summed E-state index contributed by atoms with van der Waals surface area (Å²) < 4.78 is 5.59. The zero-order chi connectivity index (χ0) is 15.3. The van der Waals surface area contributed by atoms with Crippen molar-refractivity contribution in [2.24, 2.45) is 11.8 Å². The van der Waals surface area contributed by atoms with Gasteiger partial charge in [-0.25, -0.2) is 0 Å². The van der Waals surface area contributed by atoms with Crippen molar-refractivity contribution in [3.63, 3.8) is 0 Å². The lowest BCUT2D eigenvalue weighted by molar-refractivity contribution is 0.0898. The Morgan fingerprint density at radius 2 is 1.86 bits per heavy atom. The first-order valence-electron chi connectivity index (χ1n) is 7.66. The van der Waals surface area contributed by atoms with Gasteiger partial charge in [0.1, 0.15) is 5.58 Å². The number of carbonyl (C=O) groups excluding carboxylic acids is 1. The molecule has 1 N–H and O–H groups in total. The van der Waals surface area contributed by atoms with Crippen molar-refractivity contribution in [1.82, 2.24) is 5.32 Å². The van der Waals surface area contributed by atoms with E-state index in [1.807, 2.05) is 0 Å². The highest BCUT2D eigenvalue weighted by atomic mass is 35.5. The van der Waals surface area contributed by atoms with Crippen LogP contribution in [-0.2, 0) is 0 Å². The summed E-state index contributed by atoms with van der Waals surface area (Å²) >= 11 is 5.89. The predicted octanol–water partition coefficient (Wildman–Crippen LogP) is 3.36. The van der Waals surface area contributed by atoms with Gasteiger partial charge in [-0.1, -0.05) is 11.6 Å². The molecule has 0 atom stereocenters. The minimum absolute atomic E-state index is 0.0751. The number of hydrogen-bond donors (Lipinski definition) is 1. The molecule has 2 saturated carbocycles. The van der Waals surface area contributed by atoms with Gasteiger partial charge in [0.25, 0.3) is 5.91 Å². The van der Waals surface area contributed by atoms with Crippen molar-refractivity contribution < 1.29 is 9.21 Å². The maximum atomic E-state index is 12.4. The smallest absolute Gasteiger partial charge is 0.287 e. The molecule has 0 spiro atoms. The van der Waals surface area contributed by atoms with Crippen molar-refractivity contribution in [1.29, 1.82) is 0 Å². The first-order chi connectivity index (χ1) is 10.6. The van der Waals surface area contributed by atoms with Crippen LogP contribution in [0.3, 0.4) is 0 Å². The highest BCUT2D eigenvalue weighted by molar-refractivity contribution is 6.31. The SMILES string of the molecule is O=C(NC(C1CC1)C1CC1)c1cc(=O)c2cc(Cl)ccc2o1. The Hall–Kier alpha value is -1.81. The van der Waals surface area contributed by atoms with E-state index in [-0.39, 0.29) is 23.1 Å².